The van der Waals surface area contributed by atoms with Gasteiger partial charge in [0.2, 0.25) is 20.0 Å². The fourth-order valence-corrected chi connectivity index (χ4v) is 13.9. The molecule has 0 aliphatic carbocycles. The number of fused-ring (bicyclic) bond motifs is 4. The summed E-state index contributed by atoms with van der Waals surface area (Å²) in [7, 11) is -7.26. The SMILES string of the molecule is CCNC(=O)[C@H]1O[C@@H](n2cnc3c(NC(=O)Nc4ccccc4S(=O)(=O)N4CC=CC4)ncnc32)[C@@H]2OC(C)(C)O[C@@H]21.CCNC(=O)[C@H]1O[C@@H](n2cnc3c(NC(=O)Oc4ccccc4)ncnc32)[C@@H]2OC(C)(C)O[C@@H]21.Nc1ccccc1S(=O)(=O)N1CC=CC1. The lowest BCUT2D eigenvalue weighted by atomic mass is 10.1. The molecular weight excluding hydrogens is 1220 g/mol. The van der Waals surface area contributed by atoms with E-state index in [-0.39, 0.29) is 57.5 Å². The molecule has 0 spiro atoms. The van der Waals surface area contributed by atoms with E-state index in [4.69, 9.17) is 38.9 Å². The predicted molar refractivity (Wildman–Crippen MR) is 325 cm³/mol. The van der Waals surface area contributed by atoms with Gasteiger partial charge in [0.25, 0.3) is 11.8 Å². The number of benzene rings is 3. The lowest BCUT2D eigenvalue weighted by Crippen LogP contribution is -2.42. The number of hydrogen-bond acceptors (Lipinski definition) is 22. The average Bonchev–Trinajstić information content (AvgIpc) is 1.60. The summed E-state index contributed by atoms with van der Waals surface area (Å²) in [6.45, 7) is 13.0. The van der Waals surface area contributed by atoms with Crippen LogP contribution in [-0.2, 0) is 58.1 Å². The number of likely N-dealkylation sites (N-methyl/N-ethyl adjacent to an activating group) is 2. The zero-order valence-electron chi connectivity index (χ0n) is 50.0. The summed E-state index contributed by atoms with van der Waals surface area (Å²) < 4.78 is 98.0. The molecule has 91 heavy (non-hydrogen) atoms. The number of anilines is 4. The molecule has 3 aromatic carbocycles. The van der Waals surface area contributed by atoms with Crippen molar-refractivity contribution in [2.24, 2.45) is 0 Å². The highest BCUT2D eigenvalue weighted by molar-refractivity contribution is 7.89. The molecule has 31 nitrogen and oxygen atoms in total. The Kier molecular flexibility index (Phi) is 18.3. The lowest BCUT2D eigenvalue weighted by molar-refractivity contribution is -0.198. The summed E-state index contributed by atoms with van der Waals surface area (Å²) in [6, 6.07) is 20.6. The number of rotatable bonds is 14. The second-order valence-electron chi connectivity index (χ2n) is 21.9. The predicted octanol–water partition coefficient (Wildman–Crippen LogP) is 4.40. The van der Waals surface area contributed by atoms with Crippen molar-refractivity contribution >= 4 is 89.3 Å². The van der Waals surface area contributed by atoms with Crippen molar-refractivity contribution in [2.45, 2.75) is 112 Å². The number of aromatic nitrogens is 8. The van der Waals surface area contributed by atoms with E-state index >= 15 is 0 Å². The quantitative estimate of drug-likeness (QED) is 0.0649. The molecule has 6 aliphatic heterocycles. The van der Waals surface area contributed by atoms with Gasteiger partial charge < -0.3 is 54.8 Å². The van der Waals surface area contributed by atoms with Crippen LogP contribution in [0.15, 0.2) is 138 Å². The van der Waals surface area contributed by atoms with Gasteiger partial charge in [-0.3, -0.25) is 29.4 Å². The molecule has 33 heteroatoms. The maximum absolute atomic E-state index is 13.1. The van der Waals surface area contributed by atoms with E-state index in [1.54, 1.807) is 104 Å². The van der Waals surface area contributed by atoms with Gasteiger partial charge >= 0.3 is 12.1 Å². The van der Waals surface area contributed by atoms with Crippen LogP contribution in [0.1, 0.15) is 54.0 Å². The molecule has 6 aliphatic rings. The van der Waals surface area contributed by atoms with E-state index in [0.717, 1.165) is 0 Å². The van der Waals surface area contributed by atoms with Gasteiger partial charge in [0, 0.05) is 39.3 Å². The van der Waals surface area contributed by atoms with Gasteiger partial charge in [0.05, 0.1) is 24.0 Å². The molecule has 480 valence electrons. The second kappa shape index (κ2) is 26.1. The maximum atomic E-state index is 13.1. The molecule has 4 saturated heterocycles. The highest BCUT2D eigenvalue weighted by atomic mass is 32.2. The van der Waals surface area contributed by atoms with Crippen LogP contribution in [0.4, 0.5) is 32.6 Å². The number of nitrogens with zero attached hydrogens (tertiary/aromatic N) is 10. The smallest absolute Gasteiger partial charge is 0.410 e. The van der Waals surface area contributed by atoms with E-state index in [2.05, 4.69) is 56.5 Å². The Bertz CT molecular complexity index is 4150. The molecular formula is C58H66N16O15S2. The number of amides is 5. The highest BCUT2D eigenvalue weighted by Gasteiger charge is 2.60. The molecule has 0 saturated carbocycles. The first-order chi connectivity index (χ1) is 43.6. The van der Waals surface area contributed by atoms with E-state index in [1.807, 2.05) is 32.1 Å². The molecule has 0 bridgehead atoms. The first kappa shape index (κ1) is 63.7. The van der Waals surface area contributed by atoms with Gasteiger partial charge in [0.1, 0.15) is 52.6 Å². The Hall–Kier alpha value is -8.90. The van der Waals surface area contributed by atoms with Gasteiger partial charge in [-0.15, -0.1) is 0 Å². The van der Waals surface area contributed by atoms with Crippen LogP contribution >= 0.6 is 0 Å². The number of ether oxygens (including phenoxy) is 7. The lowest BCUT2D eigenvalue weighted by Gasteiger charge is -2.24. The molecule has 7 aromatic rings. The number of carbonyl (C=O) groups is 4. The maximum Gasteiger partial charge on any atom is 0.418 e. The van der Waals surface area contributed by atoms with Gasteiger partial charge in [-0.25, -0.2) is 56.3 Å². The third-order valence-corrected chi connectivity index (χ3v) is 18.6. The molecule has 10 heterocycles. The molecule has 8 atom stereocenters. The van der Waals surface area contributed by atoms with Gasteiger partial charge in [0.15, 0.2) is 70.2 Å². The Balaban J connectivity index is 0.000000155. The number of hydrogen-bond donors (Lipinski definition) is 6. The minimum absolute atomic E-state index is 0.0303. The standard InChI is InChI=1S/C26H30N8O7S.C22H24N6O6.C10H12N2O2S/c1-4-27-23(35)19-18-20(41-26(2,3)40-18)24(39-19)34-14-30-17-21(28-13-29-22(17)34)32-25(36)31-15-9-5-6-10-16(15)42(37,38)33-11-7-8-12-33;1-4-23-19(29)15-14-16(34-22(2,3)33-14)20(32-15)28-11-26-13-17(24-10-25-18(13)28)27-21(30)31-12-8-6-5-7-9-12;11-9-5-1-2-6-10(9)15(13,14)12-7-3-4-8-12/h5-10,13-14,18-20,24H,4,11-12H2,1-3H3,(H,27,35)(H2,28,29,31,32,36);5-11,14-16,20H,4H2,1-3H3,(H,23,29)(H,24,25,27,30);1-6H,7-8,11H2/t18-,19+,20-,24-;14-,15+,16-,20-;/m11./s1. The second-order valence-corrected chi connectivity index (χ2v) is 25.7. The van der Waals surface area contributed by atoms with E-state index in [1.165, 1.54) is 52.1 Å². The van der Waals surface area contributed by atoms with Crippen LogP contribution in [0.3, 0.4) is 0 Å². The Morgan fingerprint density at radius 1 is 0.560 bits per heavy atom. The van der Waals surface area contributed by atoms with Crippen LogP contribution in [0.5, 0.6) is 5.75 Å². The number of urea groups is 1. The number of imidazole rings is 2. The number of carbonyl (C=O) groups excluding carboxylic acids is 4. The van der Waals surface area contributed by atoms with E-state index < -0.39 is 92.8 Å². The number of nitrogens with two attached hydrogens (primary N) is 1. The van der Waals surface area contributed by atoms with Crippen LogP contribution in [0.2, 0.25) is 0 Å². The van der Waals surface area contributed by atoms with Crippen LogP contribution in [0.25, 0.3) is 22.3 Å². The Labute approximate surface area is 521 Å². The average molecular weight is 1290 g/mol. The minimum Gasteiger partial charge on any atom is -0.410 e. The summed E-state index contributed by atoms with van der Waals surface area (Å²) in [5, 5.41) is 13.4. The van der Waals surface area contributed by atoms with E-state index in [9.17, 15) is 36.0 Å². The highest BCUT2D eigenvalue weighted by Crippen LogP contribution is 2.46. The normalized spacial score (nSPS) is 23.8. The van der Waals surface area contributed by atoms with Crippen LogP contribution < -0.4 is 37.1 Å². The topological polar surface area (TPSA) is 381 Å². The molecule has 7 N–H and O–H groups in total. The molecule has 4 fully saturated rings. The number of para-hydroxylation sites is 3. The fraction of sp³-hybridized carbons (Fsp3) is 0.379. The van der Waals surface area contributed by atoms with Crippen molar-refractivity contribution < 1.29 is 69.2 Å². The summed E-state index contributed by atoms with van der Waals surface area (Å²) in [5.41, 5.74) is 7.33. The molecule has 0 radical (unpaired) electrons. The summed E-state index contributed by atoms with van der Waals surface area (Å²) in [5.74, 6) is -1.79. The zero-order chi connectivity index (χ0) is 64.4. The summed E-state index contributed by atoms with van der Waals surface area (Å²) in [6.07, 6.45) is 6.19. The largest absolute Gasteiger partial charge is 0.418 e. The fourth-order valence-electron chi connectivity index (χ4n) is 10.9. The molecule has 0 unspecified atom stereocenters. The van der Waals surface area contributed by atoms with Crippen molar-refractivity contribution in [3.63, 3.8) is 0 Å². The number of nitrogens with one attached hydrogen (secondary N) is 5. The Morgan fingerprint density at radius 3 is 1.49 bits per heavy atom. The van der Waals surface area contributed by atoms with Gasteiger partial charge in [-0.05, 0) is 77.9 Å². The third-order valence-electron chi connectivity index (χ3n) is 14.8. The number of sulfonamides is 2. The van der Waals surface area contributed by atoms with Crippen LogP contribution in [0, 0.1) is 0 Å². The third kappa shape index (κ3) is 13.3. The van der Waals surface area contributed by atoms with Crippen molar-refractivity contribution in [1.82, 2.24) is 58.3 Å². The monoisotopic (exact) mass is 1290 g/mol. The Morgan fingerprint density at radius 2 is 1.00 bits per heavy atom. The summed E-state index contributed by atoms with van der Waals surface area (Å²) in [4.78, 5) is 76.6. The zero-order valence-corrected chi connectivity index (χ0v) is 51.6. The van der Waals surface area contributed by atoms with E-state index in [0.29, 0.717) is 54.4 Å². The summed E-state index contributed by atoms with van der Waals surface area (Å²) >= 11 is 0. The number of nitrogen functional groups attached to an aromatic ring is 1. The van der Waals surface area contributed by atoms with Crippen molar-refractivity contribution in [2.75, 3.05) is 61.0 Å². The van der Waals surface area contributed by atoms with Crippen molar-refractivity contribution in [3.8, 4) is 5.75 Å². The van der Waals surface area contributed by atoms with Gasteiger partial charge in [-0.2, -0.15) is 8.61 Å². The minimum atomic E-state index is -3.84. The molecule has 13 rings (SSSR count). The van der Waals surface area contributed by atoms with Crippen molar-refractivity contribution in [1.29, 1.82) is 0 Å². The van der Waals surface area contributed by atoms with Gasteiger partial charge in [-0.1, -0.05) is 66.8 Å². The first-order valence-corrected chi connectivity index (χ1v) is 31.7. The van der Waals surface area contributed by atoms with Crippen molar-refractivity contribution in [3.05, 3.63) is 128 Å². The molecule has 4 aromatic heterocycles. The first-order valence-electron chi connectivity index (χ1n) is 28.9. The molecule has 5 amide bonds. The van der Waals surface area contributed by atoms with Crippen LogP contribution in [-0.4, -0.2) is 176 Å².